The minimum Gasteiger partial charge on any atom is -0.493 e. The summed E-state index contributed by atoms with van der Waals surface area (Å²) in [6.07, 6.45) is 1.80. The number of nitrogens with zero attached hydrogens (tertiary/aromatic N) is 2. The summed E-state index contributed by atoms with van der Waals surface area (Å²) < 4.78 is 18.1. The normalized spacial score (nSPS) is 15.9. The number of carbonyl (C=O) groups excluding carboxylic acids is 1. The highest BCUT2D eigenvalue weighted by atomic mass is 32.1. The molecule has 0 aliphatic carbocycles. The van der Waals surface area contributed by atoms with Crippen LogP contribution in [-0.2, 0) is 9.53 Å². The Balaban J connectivity index is 1.89. The highest BCUT2D eigenvalue weighted by molar-refractivity contribution is 7.10. The van der Waals surface area contributed by atoms with Gasteiger partial charge in [-0.25, -0.2) is 9.79 Å². The summed E-state index contributed by atoms with van der Waals surface area (Å²) in [7, 11) is 2.91. The first-order valence-corrected chi connectivity index (χ1v) is 11.6. The third-order valence-corrected chi connectivity index (χ3v) is 6.93. The number of fused-ring (bicyclic) bond motifs is 1. The standard InChI is InChI=1S/C23H22N2O5S2/c1-5-30-15-9-8-14(11-16(15)28-3)12-18-21(26)25-20(17-7-6-10-31-17)19(22(27)29-4)13(2)24-23(25)32-18/h6-12,20H,5H2,1-4H3. The lowest BCUT2D eigenvalue weighted by molar-refractivity contribution is -0.136. The Morgan fingerprint density at radius 3 is 2.72 bits per heavy atom. The Morgan fingerprint density at radius 1 is 1.25 bits per heavy atom. The van der Waals surface area contributed by atoms with Crippen LogP contribution in [0, 0.1) is 0 Å². The molecule has 9 heteroatoms. The smallest absolute Gasteiger partial charge is 0.338 e. The minimum atomic E-state index is -0.573. The fourth-order valence-corrected chi connectivity index (χ4v) is 5.48. The zero-order valence-corrected chi connectivity index (χ0v) is 19.7. The van der Waals surface area contributed by atoms with Crippen LogP contribution in [0.1, 0.15) is 30.3 Å². The van der Waals surface area contributed by atoms with E-state index in [4.69, 9.17) is 14.2 Å². The second kappa shape index (κ2) is 9.13. The highest BCUT2D eigenvalue weighted by Gasteiger charge is 2.33. The molecule has 0 amide bonds. The fraction of sp³-hybridized carbons (Fsp3) is 0.261. The maximum absolute atomic E-state index is 13.5. The number of benzene rings is 1. The Morgan fingerprint density at radius 2 is 2.06 bits per heavy atom. The van der Waals surface area contributed by atoms with Crippen molar-refractivity contribution in [2.75, 3.05) is 20.8 Å². The Kier molecular flexibility index (Phi) is 6.29. The van der Waals surface area contributed by atoms with E-state index in [1.54, 1.807) is 24.7 Å². The largest absolute Gasteiger partial charge is 0.493 e. The van der Waals surface area contributed by atoms with E-state index < -0.39 is 12.0 Å². The number of rotatable bonds is 6. The van der Waals surface area contributed by atoms with E-state index in [1.165, 1.54) is 29.8 Å². The van der Waals surface area contributed by atoms with Gasteiger partial charge in [0.05, 0.1) is 36.6 Å². The van der Waals surface area contributed by atoms with Crippen molar-refractivity contribution in [3.63, 3.8) is 0 Å². The van der Waals surface area contributed by atoms with Crippen LogP contribution >= 0.6 is 22.7 Å². The maximum atomic E-state index is 13.5. The summed E-state index contributed by atoms with van der Waals surface area (Å²) in [5.41, 5.74) is 1.50. The van der Waals surface area contributed by atoms with E-state index in [-0.39, 0.29) is 5.56 Å². The molecule has 166 valence electrons. The molecule has 1 aliphatic heterocycles. The summed E-state index contributed by atoms with van der Waals surface area (Å²) in [6, 6.07) is 8.74. The van der Waals surface area contributed by atoms with Gasteiger partial charge >= 0.3 is 5.97 Å². The van der Waals surface area contributed by atoms with Gasteiger partial charge in [-0.1, -0.05) is 23.5 Å². The molecule has 0 bridgehead atoms. The highest BCUT2D eigenvalue weighted by Crippen LogP contribution is 2.33. The predicted molar refractivity (Wildman–Crippen MR) is 124 cm³/mol. The maximum Gasteiger partial charge on any atom is 0.338 e. The van der Waals surface area contributed by atoms with Crippen molar-refractivity contribution >= 4 is 34.7 Å². The molecule has 0 fully saturated rings. The molecule has 3 heterocycles. The molecule has 0 saturated heterocycles. The molecule has 0 spiro atoms. The molecular weight excluding hydrogens is 448 g/mol. The van der Waals surface area contributed by atoms with Crippen molar-refractivity contribution in [2.24, 2.45) is 4.99 Å². The number of methoxy groups -OCH3 is 2. The fourth-order valence-electron chi connectivity index (χ4n) is 3.61. The van der Waals surface area contributed by atoms with E-state index in [2.05, 4.69) is 4.99 Å². The molecule has 7 nitrogen and oxygen atoms in total. The summed E-state index contributed by atoms with van der Waals surface area (Å²) in [4.78, 5) is 32.0. The zero-order chi connectivity index (χ0) is 22.8. The zero-order valence-electron chi connectivity index (χ0n) is 18.1. The van der Waals surface area contributed by atoms with Gasteiger partial charge in [0.25, 0.3) is 5.56 Å². The Labute approximate surface area is 192 Å². The summed E-state index contributed by atoms with van der Waals surface area (Å²) in [5, 5.41) is 1.92. The molecule has 0 N–H and O–H groups in total. The summed E-state index contributed by atoms with van der Waals surface area (Å²) in [6.45, 7) is 4.20. The van der Waals surface area contributed by atoms with E-state index in [0.717, 1.165) is 10.4 Å². The molecule has 32 heavy (non-hydrogen) atoms. The van der Waals surface area contributed by atoms with Crippen LogP contribution < -0.4 is 24.4 Å². The molecule has 1 aromatic carbocycles. The van der Waals surface area contributed by atoms with Crippen LogP contribution in [0.3, 0.4) is 0 Å². The number of ether oxygens (including phenoxy) is 3. The molecule has 0 saturated carbocycles. The molecule has 1 atom stereocenters. The van der Waals surface area contributed by atoms with Crippen molar-refractivity contribution in [1.29, 1.82) is 0 Å². The quantitative estimate of drug-likeness (QED) is 0.518. The van der Waals surface area contributed by atoms with Gasteiger partial charge in [0.15, 0.2) is 16.3 Å². The monoisotopic (exact) mass is 470 g/mol. The third kappa shape index (κ3) is 3.89. The number of thiophene rings is 1. The predicted octanol–water partition coefficient (Wildman–Crippen LogP) is 2.88. The number of allylic oxidation sites excluding steroid dienone is 1. The van der Waals surface area contributed by atoms with Crippen LogP contribution in [-0.4, -0.2) is 31.4 Å². The van der Waals surface area contributed by atoms with Crippen LogP contribution in [0.4, 0.5) is 0 Å². The van der Waals surface area contributed by atoms with Crippen molar-refractivity contribution in [3.8, 4) is 11.5 Å². The van der Waals surface area contributed by atoms with Crippen molar-refractivity contribution in [1.82, 2.24) is 4.57 Å². The van der Waals surface area contributed by atoms with Gasteiger partial charge in [0.2, 0.25) is 0 Å². The number of hydrogen-bond donors (Lipinski definition) is 0. The van der Waals surface area contributed by atoms with Crippen molar-refractivity contribution in [2.45, 2.75) is 19.9 Å². The summed E-state index contributed by atoms with van der Waals surface area (Å²) in [5.74, 6) is 0.744. The molecule has 1 aliphatic rings. The number of hydrogen-bond acceptors (Lipinski definition) is 8. The van der Waals surface area contributed by atoms with Gasteiger partial charge in [-0.3, -0.25) is 9.36 Å². The van der Waals surface area contributed by atoms with Crippen molar-refractivity contribution < 1.29 is 19.0 Å². The third-order valence-electron chi connectivity index (χ3n) is 5.02. The topological polar surface area (TPSA) is 79.1 Å². The van der Waals surface area contributed by atoms with Crippen LogP contribution in [0.2, 0.25) is 0 Å². The van der Waals surface area contributed by atoms with Gasteiger partial charge in [-0.05, 0) is 49.1 Å². The van der Waals surface area contributed by atoms with E-state index in [1.807, 2.05) is 42.6 Å². The van der Waals surface area contributed by atoms with Crippen LogP contribution in [0.15, 0.2) is 56.8 Å². The summed E-state index contributed by atoms with van der Waals surface area (Å²) >= 11 is 2.77. The average molecular weight is 471 g/mol. The van der Waals surface area contributed by atoms with Gasteiger partial charge in [-0.2, -0.15) is 0 Å². The van der Waals surface area contributed by atoms with E-state index in [9.17, 15) is 9.59 Å². The first-order valence-electron chi connectivity index (χ1n) is 9.93. The van der Waals surface area contributed by atoms with Gasteiger partial charge in [0, 0.05) is 4.88 Å². The van der Waals surface area contributed by atoms with Crippen LogP contribution in [0.5, 0.6) is 11.5 Å². The SMILES string of the molecule is CCOc1ccc(C=c2sc3n(c2=O)C(c2cccs2)C(C(=O)OC)=C(C)N=3)cc1OC. The molecule has 4 rings (SSSR count). The molecular formula is C23H22N2O5S2. The average Bonchev–Trinajstić information content (AvgIpc) is 3.42. The van der Waals surface area contributed by atoms with E-state index >= 15 is 0 Å². The first kappa shape index (κ1) is 22.0. The molecule has 2 aromatic heterocycles. The second-order valence-corrected chi connectivity index (χ2v) is 8.92. The van der Waals surface area contributed by atoms with Crippen LogP contribution in [0.25, 0.3) is 6.08 Å². The second-order valence-electron chi connectivity index (χ2n) is 6.93. The lowest BCUT2D eigenvalue weighted by atomic mass is 10.0. The number of aromatic nitrogens is 1. The van der Waals surface area contributed by atoms with Gasteiger partial charge in [-0.15, -0.1) is 11.3 Å². The first-order chi connectivity index (χ1) is 15.5. The number of thiazole rings is 1. The van der Waals surface area contributed by atoms with Gasteiger partial charge in [0.1, 0.15) is 6.04 Å². The molecule has 1 unspecified atom stereocenters. The van der Waals surface area contributed by atoms with Crippen molar-refractivity contribution in [3.05, 3.63) is 77.1 Å². The number of esters is 1. The minimum absolute atomic E-state index is 0.214. The number of carbonyl (C=O) groups is 1. The van der Waals surface area contributed by atoms with E-state index in [0.29, 0.717) is 38.7 Å². The Hall–Kier alpha value is -3.17. The Bertz CT molecular complexity index is 1370. The molecule has 3 aromatic rings. The lowest BCUT2D eigenvalue weighted by Gasteiger charge is -2.22. The molecule has 0 radical (unpaired) electrons. The van der Waals surface area contributed by atoms with Gasteiger partial charge < -0.3 is 14.2 Å². The lowest BCUT2D eigenvalue weighted by Crippen LogP contribution is -2.39.